The minimum atomic E-state index is -0.463. The molecule has 1 aliphatic carbocycles. The Morgan fingerprint density at radius 1 is 1.59 bits per heavy atom. The van der Waals surface area contributed by atoms with Crippen molar-refractivity contribution in [3.05, 3.63) is 24.3 Å². The smallest absolute Gasteiger partial charge is 0.255 e. The molecule has 17 heavy (non-hydrogen) atoms. The zero-order chi connectivity index (χ0) is 12.3. The molecule has 1 fully saturated rings. The van der Waals surface area contributed by atoms with Crippen molar-refractivity contribution in [3.63, 3.8) is 0 Å². The van der Waals surface area contributed by atoms with E-state index in [0.717, 1.165) is 11.6 Å². The number of nitrogens with two attached hydrogens (primary N) is 1. The number of ether oxygens (including phenoxy) is 1. The number of amides is 1. The summed E-state index contributed by atoms with van der Waals surface area (Å²) in [5.74, 6) is 0.997. The lowest BCUT2D eigenvalue weighted by Crippen LogP contribution is -2.20. The van der Waals surface area contributed by atoms with Gasteiger partial charge in [-0.1, -0.05) is 6.07 Å². The van der Waals surface area contributed by atoms with Crippen LogP contribution in [0.1, 0.15) is 19.8 Å². The highest BCUT2D eigenvalue weighted by Crippen LogP contribution is 2.34. The zero-order valence-corrected chi connectivity index (χ0v) is 9.98. The number of anilines is 1. The second-order valence-electron chi connectivity index (χ2n) is 4.55. The van der Waals surface area contributed by atoms with Crippen molar-refractivity contribution in [2.75, 3.05) is 11.9 Å². The highest BCUT2D eigenvalue weighted by atomic mass is 16.5. The van der Waals surface area contributed by atoms with Crippen LogP contribution in [0.3, 0.4) is 0 Å². The molecule has 0 radical (unpaired) electrons. The summed E-state index contributed by atoms with van der Waals surface area (Å²) in [7, 11) is 0. The minimum absolute atomic E-state index is 0.0817. The van der Waals surface area contributed by atoms with Crippen molar-refractivity contribution in [2.24, 2.45) is 11.7 Å². The Morgan fingerprint density at radius 3 is 3.00 bits per heavy atom. The average molecular weight is 234 g/mol. The molecular formula is C13H18N2O2. The summed E-state index contributed by atoms with van der Waals surface area (Å²) in [5, 5.41) is 3.44. The maximum atomic E-state index is 10.6. The summed E-state index contributed by atoms with van der Waals surface area (Å²) in [5.41, 5.74) is 6.05. The third-order valence-electron chi connectivity index (χ3n) is 2.94. The van der Waals surface area contributed by atoms with Crippen molar-refractivity contribution in [1.82, 2.24) is 0 Å². The van der Waals surface area contributed by atoms with E-state index in [1.807, 2.05) is 24.3 Å². The zero-order valence-electron chi connectivity index (χ0n) is 9.98. The molecule has 92 valence electrons. The molecule has 4 nitrogen and oxygen atoms in total. The fourth-order valence-corrected chi connectivity index (χ4v) is 1.81. The Balaban J connectivity index is 1.93. The highest BCUT2D eigenvalue weighted by molar-refractivity contribution is 5.75. The molecule has 0 bridgehead atoms. The quantitative estimate of drug-likeness (QED) is 0.788. The van der Waals surface area contributed by atoms with E-state index in [4.69, 9.17) is 10.5 Å². The number of hydrogen-bond donors (Lipinski definition) is 2. The van der Waals surface area contributed by atoms with Crippen molar-refractivity contribution in [3.8, 4) is 5.75 Å². The predicted molar refractivity (Wildman–Crippen MR) is 66.9 cm³/mol. The Kier molecular flexibility index (Phi) is 3.52. The SMILES string of the molecule is CC(Nc1cccc(OCC(N)=O)c1)C1CC1. The van der Waals surface area contributed by atoms with Crippen LogP contribution >= 0.6 is 0 Å². The van der Waals surface area contributed by atoms with E-state index in [-0.39, 0.29) is 6.61 Å². The standard InChI is InChI=1S/C13H18N2O2/c1-9(10-5-6-10)15-11-3-2-4-12(7-11)17-8-13(14)16/h2-4,7,9-10,15H,5-6,8H2,1H3,(H2,14,16). The van der Waals surface area contributed by atoms with Crippen LogP contribution in [0.15, 0.2) is 24.3 Å². The molecule has 0 heterocycles. The number of benzene rings is 1. The maximum Gasteiger partial charge on any atom is 0.255 e. The predicted octanol–water partition coefficient (Wildman–Crippen LogP) is 1.76. The Hall–Kier alpha value is -1.71. The van der Waals surface area contributed by atoms with Gasteiger partial charge in [0.25, 0.3) is 5.91 Å². The van der Waals surface area contributed by atoms with Crippen LogP contribution in [0.5, 0.6) is 5.75 Å². The van der Waals surface area contributed by atoms with Gasteiger partial charge in [0.2, 0.25) is 0 Å². The lowest BCUT2D eigenvalue weighted by atomic mass is 10.2. The van der Waals surface area contributed by atoms with Gasteiger partial charge in [-0.2, -0.15) is 0 Å². The van der Waals surface area contributed by atoms with Crippen LogP contribution in [-0.4, -0.2) is 18.6 Å². The molecule has 0 spiro atoms. The van der Waals surface area contributed by atoms with Gasteiger partial charge in [0.15, 0.2) is 6.61 Å². The summed E-state index contributed by atoms with van der Waals surface area (Å²) >= 11 is 0. The average Bonchev–Trinajstić information content (AvgIpc) is 3.10. The lowest BCUT2D eigenvalue weighted by Gasteiger charge is -2.15. The first-order valence-electron chi connectivity index (χ1n) is 5.93. The summed E-state index contributed by atoms with van der Waals surface area (Å²) in [6.45, 7) is 2.11. The number of primary amides is 1. The molecule has 1 aliphatic rings. The maximum absolute atomic E-state index is 10.6. The first kappa shape index (κ1) is 11.8. The van der Waals surface area contributed by atoms with Gasteiger partial charge in [0.1, 0.15) is 5.75 Å². The fraction of sp³-hybridized carbons (Fsp3) is 0.462. The second kappa shape index (κ2) is 5.08. The lowest BCUT2D eigenvalue weighted by molar-refractivity contribution is -0.119. The topological polar surface area (TPSA) is 64.3 Å². The van der Waals surface area contributed by atoms with E-state index in [9.17, 15) is 4.79 Å². The van der Waals surface area contributed by atoms with Crippen LogP contribution in [-0.2, 0) is 4.79 Å². The largest absolute Gasteiger partial charge is 0.484 e. The third-order valence-corrected chi connectivity index (χ3v) is 2.94. The van der Waals surface area contributed by atoms with E-state index >= 15 is 0 Å². The first-order chi connectivity index (χ1) is 8.15. The molecule has 1 aromatic rings. The van der Waals surface area contributed by atoms with Crippen LogP contribution in [0, 0.1) is 5.92 Å². The summed E-state index contributed by atoms with van der Waals surface area (Å²) in [6.07, 6.45) is 2.62. The second-order valence-corrected chi connectivity index (χ2v) is 4.55. The Labute approximate surface area is 101 Å². The van der Waals surface area contributed by atoms with E-state index in [1.54, 1.807) is 0 Å². The van der Waals surface area contributed by atoms with Gasteiger partial charge in [-0.05, 0) is 37.8 Å². The molecule has 0 aliphatic heterocycles. The third kappa shape index (κ3) is 3.66. The molecule has 3 N–H and O–H groups in total. The summed E-state index contributed by atoms with van der Waals surface area (Å²) < 4.78 is 5.25. The molecule has 1 aromatic carbocycles. The summed E-state index contributed by atoms with van der Waals surface area (Å²) in [6, 6.07) is 8.09. The van der Waals surface area contributed by atoms with E-state index < -0.39 is 5.91 Å². The fourth-order valence-electron chi connectivity index (χ4n) is 1.81. The van der Waals surface area contributed by atoms with E-state index in [2.05, 4.69) is 12.2 Å². The Morgan fingerprint density at radius 2 is 2.35 bits per heavy atom. The Bertz CT molecular complexity index is 402. The van der Waals surface area contributed by atoms with Crippen LogP contribution in [0.2, 0.25) is 0 Å². The molecule has 1 saturated carbocycles. The van der Waals surface area contributed by atoms with Crippen LogP contribution < -0.4 is 15.8 Å². The number of nitrogens with one attached hydrogen (secondary N) is 1. The number of carbonyl (C=O) groups is 1. The van der Waals surface area contributed by atoms with Gasteiger partial charge in [-0.15, -0.1) is 0 Å². The van der Waals surface area contributed by atoms with E-state index in [0.29, 0.717) is 11.8 Å². The van der Waals surface area contributed by atoms with Crippen molar-refractivity contribution in [2.45, 2.75) is 25.8 Å². The highest BCUT2D eigenvalue weighted by Gasteiger charge is 2.27. The molecule has 1 amide bonds. The monoisotopic (exact) mass is 234 g/mol. The summed E-state index contributed by atoms with van der Waals surface area (Å²) in [4.78, 5) is 10.6. The molecule has 0 aromatic heterocycles. The normalized spacial score (nSPS) is 16.3. The van der Waals surface area contributed by atoms with Gasteiger partial charge in [-0.25, -0.2) is 0 Å². The molecule has 1 atom stereocenters. The molecule has 0 saturated heterocycles. The first-order valence-corrected chi connectivity index (χ1v) is 5.93. The van der Waals surface area contributed by atoms with Crippen molar-refractivity contribution < 1.29 is 9.53 Å². The minimum Gasteiger partial charge on any atom is -0.484 e. The van der Waals surface area contributed by atoms with E-state index in [1.165, 1.54) is 12.8 Å². The van der Waals surface area contributed by atoms with Crippen LogP contribution in [0.25, 0.3) is 0 Å². The molecule has 1 unspecified atom stereocenters. The number of carbonyl (C=O) groups excluding carboxylic acids is 1. The van der Waals surface area contributed by atoms with Gasteiger partial charge < -0.3 is 15.8 Å². The number of hydrogen-bond acceptors (Lipinski definition) is 3. The van der Waals surface area contributed by atoms with Crippen LogP contribution in [0.4, 0.5) is 5.69 Å². The van der Waals surface area contributed by atoms with Crippen molar-refractivity contribution in [1.29, 1.82) is 0 Å². The van der Waals surface area contributed by atoms with Gasteiger partial charge in [0, 0.05) is 17.8 Å². The van der Waals surface area contributed by atoms with Gasteiger partial charge in [0.05, 0.1) is 0 Å². The van der Waals surface area contributed by atoms with Crippen molar-refractivity contribution >= 4 is 11.6 Å². The molecule has 4 heteroatoms. The molecular weight excluding hydrogens is 216 g/mol. The van der Waals surface area contributed by atoms with Gasteiger partial charge in [-0.3, -0.25) is 4.79 Å². The molecule has 2 rings (SSSR count). The van der Waals surface area contributed by atoms with Gasteiger partial charge >= 0.3 is 0 Å². The number of rotatable bonds is 6.